The highest BCUT2D eigenvalue weighted by atomic mass is 35.5. The number of nitrogens with zero attached hydrogens (tertiary/aromatic N) is 3. The molecule has 0 spiro atoms. The third-order valence-corrected chi connectivity index (χ3v) is 5.29. The van der Waals surface area contributed by atoms with Crippen LogP contribution in [0, 0.1) is 0 Å². The third-order valence-electron chi connectivity index (χ3n) is 5.04. The average molecular weight is 453 g/mol. The smallest absolute Gasteiger partial charge is 0.254 e. The van der Waals surface area contributed by atoms with Gasteiger partial charge in [-0.1, -0.05) is 50.6 Å². The predicted molar refractivity (Wildman–Crippen MR) is 129 cm³/mol. The third kappa shape index (κ3) is 5.56. The van der Waals surface area contributed by atoms with Crippen LogP contribution in [0.1, 0.15) is 50.7 Å². The molecule has 0 saturated carbocycles. The predicted octanol–water partition coefficient (Wildman–Crippen LogP) is 5.31. The maximum Gasteiger partial charge on any atom is 0.254 e. The van der Waals surface area contributed by atoms with Crippen LogP contribution in [-0.4, -0.2) is 39.1 Å². The highest BCUT2D eigenvalue weighted by Gasteiger charge is 2.24. The molecule has 2 aromatic carbocycles. The second-order valence-electron chi connectivity index (χ2n) is 8.99. The van der Waals surface area contributed by atoms with Gasteiger partial charge in [0.1, 0.15) is 12.4 Å². The summed E-state index contributed by atoms with van der Waals surface area (Å²) in [5.41, 5.74) is 2.00. The van der Waals surface area contributed by atoms with Gasteiger partial charge in [-0.3, -0.25) is 9.59 Å². The van der Waals surface area contributed by atoms with Crippen molar-refractivity contribution in [1.29, 1.82) is 0 Å². The van der Waals surface area contributed by atoms with Gasteiger partial charge in [0.15, 0.2) is 0 Å². The standard InChI is InChI=1S/C25H29ClN4O2/c1-17(2)29(24(32)18-11-13-19(26)14-12-18)16-23(31)27-22-15-21(25(3,4)5)28-30(22)20-9-7-6-8-10-20/h6-15,17H,16H2,1-5H3,(H,27,31). The normalized spacial score (nSPS) is 11.5. The molecule has 1 aromatic heterocycles. The monoisotopic (exact) mass is 452 g/mol. The minimum atomic E-state index is -0.293. The lowest BCUT2D eigenvalue weighted by atomic mass is 9.92. The summed E-state index contributed by atoms with van der Waals surface area (Å²) in [6.07, 6.45) is 0. The molecule has 2 amide bonds. The molecular formula is C25H29ClN4O2. The fraction of sp³-hybridized carbons (Fsp3) is 0.320. The summed E-state index contributed by atoms with van der Waals surface area (Å²) in [6.45, 7) is 9.90. The first-order valence-electron chi connectivity index (χ1n) is 10.6. The van der Waals surface area contributed by atoms with E-state index in [1.165, 1.54) is 4.90 Å². The Balaban J connectivity index is 1.84. The minimum Gasteiger partial charge on any atom is -0.327 e. The van der Waals surface area contributed by atoms with Crippen molar-refractivity contribution in [3.05, 3.63) is 76.9 Å². The maximum absolute atomic E-state index is 13.0. The maximum atomic E-state index is 13.0. The molecule has 0 atom stereocenters. The lowest BCUT2D eigenvalue weighted by Crippen LogP contribution is -2.42. The Kier molecular flexibility index (Phi) is 7.04. The van der Waals surface area contributed by atoms with Crippen molar-refractivity contribution in [1.82, 2.24) is 14.7 Å². The van der Waals surface area contributed by atoms with Crippen molar-refractivity contribution in [3.8, 4) is 5.69 Å². The first-order valence-corrected chi connectivity index (χ1v) is 11.0. The number of hydrogen-bond acceptors (Lipinski definition) is 3. The molecule has 0 fully saturated rings. The number of carbonyl (C=O) groups excluding carboxylic acids is 2. The Morgan fingerprint density at radius 1 is 1.06 bits per heavy atom. The zero-order chi connectivity index (χ0) is 23.5. The molecule has 32 heavy (non-hydrogen) atoms. The highest BCUT2D eigenvalue weighted by Crippen LogP contribution is 2.26. The number of para-hydroxylation sites is 1. The van der Waals surface area contributed by atoms with Crippen molar-refractivity contribution in [2.75, 3.05) is 11.9 Å². The van der Waals surface area contributed by atoms with Crippen LogP contribution in [0.15, 0.2) is 60.7 Å². The minimum absolute atomic E-state index is 0.0794. The number of anilines is 1. The summed E-state index contributed by atoms with van der Waals surface area (Å²) >= 11 is 5.94. The molecule has 6 nitrogen and oxygen atoms in total. The van der Waals surface area contributed by atoms with E-state index in [4.69, 9.17) is 16.7 Å². The van der Waals surface area contributed by atoms with Gasteiger partial charge in [0.05, 0.1) is 11.4 Å². The summed E-state index contributed by atoms with van der Waals surface area (Å²) < 4.78 is 1.72. The summed E-state index contributed by atoms with van der Waals surface area (Å²) in [5, 5.41) is 8.22. The van der Waals surface area contributed by atoms with E-state index in [0.29, 0.717) is 16.4 Å². The highest BCUT2D eigenvalue weighted by molar-refractivity contribution is 6.30. The molecule has 0 bridgehead atoms. The number of halogens is 1. The fourth-order valence-electron chi connectivity index (χ4n) is 3.19. The van der Waals surface area contributed by atoms with E-state index in [0.717, 1.165) is 11.4 Å². The SMILES string of the molecule is CC(C)N(CC(=O)Nc1cc(C(C)(C)C)nn1-c1ccccc1)C(=O)c1ccc(Cl)cc1. The van der Waals surface area contributed by atoms with Crippen molar-refractivity contribution < 1.29 is 9.59 Å². The van der Waals surface area contributed by atoms with Gasteiger partial charge >= 0.3 is 0 Å². The lowest BCUT2D eigenvalue weighted by Gasteiger charge is -2.26. The zero-order valence-electron chi connectivity index (χ0n) is 19.1. The molecule has 0 saturated heterocycles. The van der Waals surface area contributed by atoms with Gasteiger partial charge in [0, 0.05) is 28.1 Å². The topological polar surface area (TPSA) is 67.2 Å². The summed E-state index contributed by atoms with van der Waals surface area (Å²) in [4.78, 5) is 27.5. The molecule has 0 aliphatic heterocycles. The molecular weight excluding hydrogens is 424 g/mol. The number of aromatic nitrogens is 2. The number of amides is 2. The number of rotatable bonds is 6. The van der Waals surface area contributed by atoms with Gasteiger partial charge in [-0.25, -0.2) is 4.68 Å². The van der Waals surface area contributed by atoms with Crippen LogP contribution >= 0.6 is 11.6 Å². The number of nitrogens with one attached hydrogen (secondary N) is 1. The van der Waals surface area contributed by atoms with Crippen LogP contribution in [0.5, 0.6) is 0 Å². The number of benzene rings is 2. The molecule has 0 aliphatic rings. The van der Waals surface area contributed by atoms with E-state index < -0.39 is 0 Å². The summed E-state index contributed by atoms with van der Waals surface area (Å²) in [6, 6.07) is 18.0. The first kappa shape index (κ1) is 23.5. The van der Waals surface area contributed by atoms with Gasteiger partial charge in [-0.2, -0.15) is 5.10 Å². The van der Waals surface area contributed by atoms with Crippen LogP contribution < -0.4 is 5.32 Å². The number of carbonyl (C=O) groups is 2. The van der Waals surface area contributed by atoms with Crippen molar-refractivity contribution in [2.24, 2.45) is 0 Å². The molecule has 0 radical (unpaired) electrons. The zero-order valence-corrected chi connectivity index (χ0v) is 19.8. The number of hydrogen-bond donors (Lipinski definition) is 1. The molecule has 7 heteroatoms. The van der Waals surface area contributed by atoms with Crippen molar-refractivity contribution >= 4 is 29.2 Å². The Labute approximate surface area is 194 Å². The second kappa shape index (κ2) is 9.57. The van der Waals surface area contributed by atoms with E-state index >= 15 is 0 Å². The van der Waals surface area contributed by atoms with Gasteiger partial charge in [0.2, 0.25) is 5.91 Å². The van der Waals surface area contributed by atoms with Gasteiger partial charge < -0.3 is 10.2 Å². The van der Waals surface area contributed by atoms with Crippen LogP contribution in [-0.2, 0) is 10.2 Å². The Bertz CT molecular complexity index is 1080. The lowest BCUT2D eigenvalue weighted by molar-refractivity contribution is -0.117. The van der Waals surface area contributed by atoms with Crippen LogP contribution in [0.25, 0.3) is 5.69 Å². The van der Waals surface area contributed by atoms with Crippen LogP contribution in [0.2, 0.25) is 5.02 Å². The largest absolute Gasteiger partial charge is 0.327 e. The van der Waals surface area contributed by atoms with E-state index in [9.17, 15) is 9.59 Å². The van der Waals surface area contributed by atoms with Gasteiger partial charge in [-0.05, 0) is 50.2 Å². The molecule has 0 unspecified atom stereocenters. The average Bonchev–Trinajstić information content (AvgIpc) is 3.17. The second-order valence-corrected chi connectivity index (χ2v) is 9.43. The Morgan fingerprint density at radius 2 is 1.69 bits per heavy atom. The molecule has 3 aromatic rings. The van der Waals surface area contributed by atoms with Gasteiger partial charge in [0.25, 0.3) is 5.91 Å². The fourth-order valence-corrected chi connectivity index (χ4v) is 3.31. The molecule has 1 N–H and O–H groups in total. The quantitative estimate of drug-likeness (QED) is 0.550. The summed E-state index contributed by atoms with van der Waals surface area (Å²) in [7, 11) is 0. The van der Waals surface area contributed by atoms with E-state index in [1.807, 2.05) is 50.2 Å². The summed E-state index contributed by atoms with van der Waals surface area (Å²) in [5.74, 6) is 0.0473. The Hall–Kier alpha value is -3.12. The van der Waals surface area contributed by atoms with E-state index in [2.05, 4.69) is 26.1 Å². The molecule has 168 valence electrons. The molecule has 0 aliphatic carbocycles. The van der Waals surface area contributed by atoms with E-state index in [-0.39, 0.29) is 29.8 Å². The first-order chi connectivity index (χ1) is 15.1. The Morgan fingerprint density at radius 3 is 2.25 bits per heavy atom. The van der Waals surface area contributed by atoms with Crippen LogP contribution in [0.4, 0.5) is 5.82 Å². The van der Waals surface area contributed by atoms with Crippen molar-refractivity contribution in [3.63, 3.8) is 0 Å². The van der Waals surface area contributed by atoms with Crippen molar-refractivity contribution in [2.45, 2.75) is 46.1 Å². The van der Waals surface area contributed by atoms with Crippen LogP contribution in [0.3, 0.4) is 0 Å². The van der Waals surface area contributed by atoms with E-state index in [1.54, 1.807) is 28.9 Å². The molecule has 3 rings (SSSR count). The molecule has 1 heterocycles. The van der Waals surface area contributed by atoms with Gasteiger partial charge in [-0.15, -0.1) is 0 Å².